The number of ether oxygens (including phenoxy) is 2. The first-order valence-electron chi connectivity index (χ1n) is 7.82. The van der Waals surface area contributed by atoms with Crippen LogP contribution in [0, 0.1) is 5.92 Å². The number of carbonyl (C=O) groups excluding carboxylic acids is 1. The third kappa shape index (κ3) is 4.84. The number of aromatic nitrogens is 2. The highest BCUT2D eigenvalue weighted by atomic mass is 16.5. The number of nitrogens with one attached hydrogen (secondary N) is 1. The van der Waals surface area contributed by atoms with Gasteiger partial charge in [0, 0.05) is 19.2 Å². The molecule has 0 aromatic carbocycles. The zero-order valence-electron chi connectivity index (χ0n) is 13.7. The van der Waals surface area contributed by atoms with Gasteiger partial charge in [-0.1, -0.05) is 13.8 Å². The molecule has 1 saturated heterocycles. The summed E-state index contributed by atoms with van der Waals surface area (Å²) in [4.78, 5) is 27.5. The van der Waals surface area contributed by atoms with Crippen LogP contribution in [-0.4, -0.2) is 57.7 Å². The molecule has 3 atom stereocenters. The van der Waals surface area contributed by atoms with Crippen LogP contribution in [0.25, 0.3) is 0 Å². The maximum absolute atomic E-state index is 12.1. The summed E-state index contributed by atoms with van der Waals surface area (Å²) in [5, 5.41) is 21.3. The topological polar surface area (TPSA) is 123 Å². The van der Waals surface area contributed by atoms with Gasteiger partial charge in [-0.3, -0.25) is 9.36 Å². The van der Waals surface area contributed by atoms with E-state index in [1.165, 1.54) is 16.8 Å². The standard InChI is InChI=1S/C15H23N3O6/c1-9(2)7-23-8-13(21)16-12-3-4-18(15(22)17-12)14-5-10(20)11(6-19)24-14/h3-4,9-11,14,19-20H,5-8H2,1-2H3,(H,16,17,21,22)/t10?,11-,14-/m1/s1. The third-order valence-electron chi connectivity index (χ3n) is 3.48. The summed E-state index contributed by atoms with van der Waals surface area (Å²) in [7, 11) is 0. The van der Waals surface area contributed by atoms with Crippen LogP contribution in [0.1, 0.15) is 26.5 Å². The Labute approximate surface area is 139 Å². The van der Waals surface area contributed by atoms with Gasteiger partial charge in [0.25, 0.3) is 5.91 Å². The Kier molecular flexibility index (Phi) is 6.44. The van der Waals surface area contributed by atoms with Crippen LogP contribution in [0.3, 0.4) is 0 Å². The van der Waals surface area contributed by atoms with Gasteiger partial charge >= 0.3 is 5.69 Å². The molecule has 9 heteroatoms. The van der Waals surface area contributed by atoms with Crippen molar-refractivity contribution in [3.05, 3.63) is 22.7 Å². The first-order chi connectivity index (χ1) is 11.4. The van der Waals surface area contributed by atoms with E-state index in [-0.39, 0.29) is 25.5 Å². The number of carbonyl (C=O) groups is 1. The van der Waals surface area contributed by atoms with Crippen LogP contribution in [0.4, 0.5) is 5.82 Å². The molecule has 134 valence electrons. The van der Waals surface area contributed by atoms with Crippen molar-refractivity contribution >= 4 is 11.7 Å². The number of amides is 1. The number of nitrogens with zero attached hydrogens (tertiary/aromatic N) is 2. The molecule has 1 fully saturated rings. The molecular weight excluding hydrogens is 318 g/mol. The summed E-state index contributed by atoms with van der Waals surface area (Å²) < 4.78 is 11.8. The predicted molar refractivity (Wildman–Crippen MR) is 84.4 cm³/mol. The average molecular weight is 341 g/mol. The van der Waals surface area contributed by atoms with Gasteiger partial charge in [-0.15, -0.1) is 0 Å². The van der Waals surface area contributed by atoms with E-state index in [1.807, 2.05) is 13.8 Å². The van der Waals surface area contributed by atoms with E-state index in [2.05, 4.69) is 10.3 Å². The number of hydrogen-bond acceptors (Lipinski definition) is 7. The quantitative estimate of drug-likeness (QED) is 0.610. The fourth-order valence-electron chi connectivity index (χ4n) is 2.32. The lowest BCUT2D eigenvalue weighted by atomic mass is 10.2. The van der Waals surface area contributed by atoms with Crippen LogP contribution in [0.5, 0.6) is 0 Å². The molecule has 0 spiro atoms. The first-order valence-corrected chi connectivity index (χ1v) is 7.82. The molecule has 1 aromatic heterocycles. The summed E-state index contributed by atoms with van der Waals surface area (Å²) in [6.07, 6.45) is -0.654. The molecule has 3 N–H and O–H groups in total. The minimum Gasteiger partial charge on any atom is -0.394 e. The molecule has 0 bridgehead atoms. The molecule has 24 heavy (non-hydrogen) atoms. The summed E-state index contributed by atoms with van der Waals surface area (Å²) in [6.45, 7) is 3.98. The monoisotopic (exact) mass is 341 g/mol. The van der Waals surface area contributed by atoms with Crippen LogP contribution < -0.4 is 11.0 Å². The molecule has 1 aliphatic rings. The lowest BCUT2D eigenvalue weighted by Crippen LogP contribution is -2.29. The molecule has 1 amide bonds. The van der Waals surface area contributed by atoms with Crippen LogP contribution >= 0.6 is 0 Å². The molecule has 0 aliphatic carbocycles. The summed E-state index contributed by atoms with van der Waals surface area (Å²) >= 11 is 0. The predicted octanol–water partition coefficient (Wildman–Crippen LogP) is -0.505. The first kappa shape index (κ1) is 18.5. The SMILES string of the molecule is CC(C)COCC(=O)Nc1ccn([C@H]2CC(O)[C@@H](CO)O2)c(=O)n1. The van der Waals surface area contributed by atoms with Crippen molar-refractivity contribution in [2.24, 2.45) is 5.92 Å². The van der Waals surface area contributed by atoms with Gasteiger partial charge in [-0.25, -0.2) is 4.79 Å². The fraction of sp³-hybridized carbons (Fsp3) is 0.667. The van der Waals surface area contributed by atoms with Crippen molar-refractivity contribution in [2.45, 2.75) is 38.7 Å². The largest absolute Gasteiger partial charge is 0.394 e. The van der Waals surface area contributed by atoms with E-state index < -0.39 is 30.0 Å². The van der Waals surface area contributed by atoms with Gasteiger partial charge in [0.2, 0.25) is 0 Å². The Balaban J connectivity index is 1.95. The molecule has 1 aliphatic heterocycles. The second kappa shape index (κ2) is 8.34. The van der Waals surface area contributed by atoms with Gasteiger partial charge in [-0.05, 0) is 12.0 Å². The van der Waals surface area contributed by atoms with Gasteiger partial charge < -0.3 is 25.0 Å². The third-order valence-corrected chi connectivity index (χ3v) is 3.48. The van der Waals surface area contributed by atoms with Crippen molar-refractivity contribution < 1.29 is 24.5 Å². The normalized spacial score (nSPS) is 23.6. The molecule has 0 radical (unpaired) electrons. The fourth-order valence-corrected chi connectivity index (χ4v) is 2.32. The Morgan fingerprint density at radius 2 is 2.33 bits per heavy atom. The molecular formula is C15H23N3O6. The highest BCUT2D eigenvalue weighted by Gasteiger charge is 2.34. The minimum atomic E-state index is -0.843. The molecule has 1 aromatic rings. The molecule has 2 heterocycles. The summed E-state index contributed by atoms with van der Waals surface area (Å²) in [6, 6.07) is 1.46. The lowest BCUT2D eigenvalue weighted by molar-refractivity contribution is -0.120. The molecule has 9 nitrogen and oxygen atoms in total. The van der Waals surface area contributed by atoms with E-state index in [1.54, 1.807) is 0 Å². The van der Waals surface area contributed by atoms with Gasteiger partial charge in [0.15, 0.2) is 0 Å². The van der Waals surface area contributed by atoms with Crippen LogP contribution in [0.2, 0.25) is 0 Å². The number of aliphatic hydroxyl groups excluding tert-OH is 2. The Hall–Kier alpha value is -1.81. The molecule has 2 rings (SSSR count). The Bertz CT molecular complexity index is 617. The van der Waals surface area contributed by atoms with Crippen molar-refractivity contribution in [1.82, 2.24) is 9.55 Å². The van der Waals surface area contributed by atoms with E-state index >= 15 is 0 Å². The minimum absolute atomic E-state index is 0.112. The molecule has 0 saturated carbocycles. The van der Waals surface area contributed by atoms with Crippen molar-refractivity contribution in [3.63, 3.8) is 0 Å². The smallest absolute Gasteiger partial charge is 0.351 e. The van der Waals surface area contributed by atoms with E-state index in [0.717, 1.165) is 0 Å². The van der Waals surface area contributed by atoms with Crippen molar-refractivity contribution in [3.8, 4) is 0 Å². The number of anilines is 1. The highest BCUT2D eigenvalue weighted by Crippen LogP contribution is 2.27. The van der Waals surface area contributed by atoms with Gasteiger partial charge in [0.1, 0.15) is 24.8 Å². The zero-order chi connectivity index (χ0) is 17.7. The van der Waals surface area contributed by atoms with Gasteiger partial charge in [0.05, 0.1) is 12.7 Å². The highest BCUT2D eigenvalue weighted by molar-refractivity contribution is 5.90. The van der Waals surface area contributed by atoms with E-state index in [4.69, 9.17) is 14.6 Å². The van der Waals surface area contributed by atoms with E-state index in [9.17, 15) is 14.7 Å². The van der Waals surface area contributed by atoms with Crippen molar-refractivity contribution in [2.75, 3.05) is 25.1 Å². The lowest BCUT2D eigenvalue weighted by Gasteiger charge is -2.14. The number of hydrogen-bond donors (Lipinski definition) is 3. The summed E-state index contributed by atoms with van der Waals surface area (Å²) in [5.74, 6) is 0.0456. The maximum atomic E-state index is 12.1. The van der Waals surface area contributed by atoms with Crippen molar-refractivity contribution in [1.29, 1.82) is 0 Å². The number of aliphatic hydroxyl groups is 2. The Morgan fingerprint density at radius 1 is 1.58 bits per heavy atom. The second-order valence-corrected chi connectivity index (χ2v) is 6.07. The maximum Gasteiger partial charge on any atom is 0.351 e. The average Bonchev–Trinajstić information content (AvgIpc) is 2.87. The van der Waals surface area contributed by atoms with Gasteiger partial charge in [-0.2, -0.15) is 4.98 Å². The van der Waals surface area contributed by atoms with Crippen LogP contribution in [-0.2, 0) is 14.3 Å². The molecule has 1 unspecified atom stereocenters. The number of rotatable bonds is 7. The van der Waals surface area contributed by atoms with Crippen LogP contribution in [0.15, 0.2) is 17.1 Å². The summed E-state index contributed by atoms with van der Waals surface area (Å²) in [5.41, 5.74) is -0.619. The zero-order valence-corrected chi connectivity index (χ0v) is 13.7. The Morgan fingerprint density at radius 3 is 2.92 bits per heavy atom. The second-order valence-electron chi connectivity index (χ2n) is 6.07. The van der Waals surface area contributed by atoms with E-state index in [0.29, 0.717) is 12.5 Å².